The van der Waals surface area contributed by atoms with Gasteiger partial charge in [0.25, 0.3) is 0 Å². The SMILES string of the molecule is C=Cn1ccc(-c2ccn(C=C)c2C)c1C. The molecule has 0 amide bonds. The summed E-state index contributed by atoms with van der Waals surface area (Å²) >= 11 is 0. The van der Waals surface area contributed by atoms with Crippen LogP contribution in [0, 0.1) is 13.8 Å². The molecule has 0 atom stereocenters. The minimum atomic E-state index is 1.21. The number of aromatic nitrogens is 2. The van der Waals surface area contributed by atoms with Crippen LogP contribution < -0.4 is 0 Å². The van der Waals surface area contributed by atoms with Crippen LogP contribution in [0.5, 0.6) is 0 Å². The van der Waals surface area contributed by atoms with Crippen LogP contribution in [0.1, 0.15) is 11.4 Å². The van der Waals surface area contributed by atoms with E-state index in [4.69, 9.17) is 0 Å². The zero-order chi connectivity index (χ0) is 11.7. The van der Waals surface area contributed by atoms with Crippen molar-refractivity contribution in [1.29, 1.82) is 0 Å². The van der Waals surface area contributed by atoms with Crippen LogP contribution in [0.4, 0.5) is 0 Å². The Labute approximate surface area is 96.1 Å². The van der Waals surface area contributed by atoms with Gasteiger partial charge in [0.15, 0.2) is 0 Å². The molecule has 2 aromatic heterocycles. The first-order valence-electron chi connectivity index (χ1n) is 5.29. The Hall–Kier alpha value is -1.96. The average molecular weight is 212 g/mol. The fourth-order valence-corrected chi connectivity index (χ4v) is 2.02. The maximum Gasteiger partial charge on any atom is 0.0268 e. The average Bonchev–Trinajstić information content (AvgIpc) is 2.82. The molecule has 2 rings (SSSR count). The summed E-state index contributed by atoms with van der Waals surface area (Å²) in [7, 11) is 0. The van der Waals surface area contributed by atoms with E-state index in [1.807, 2.05) is 33.9 Å². The van der Waals surface area contributed by atoms with Crippen LogP contribution in [0.3, 0.4) is 0 Å². The van der Waals surface area contributed by atoms with Crippen LogP contribution in [-0.4, -0.2) is 9.13 Å². The van der Waals surface area contributed by atoms with E-state index in [9.17, 15) is 0 Å². The molecule has 0 radical (unpaired) electrons. The number of nitrogens with zero attached hydrogens (tertiary/aromatic N) is 2. The van der Waals surface area contributed by atoms with Gasteiger partial charge in [-0.1, -0.05) is 13.2 Å². The van der Waals surface area contributed by atoms with E-state index in [0.29, 0.717) is 0 Å². The van der Waals surface area contributed by atoms with Gasteiger partial charge in [0.1, 0.15) is 0 Å². The summed E-state index contributed by atoms with van der Waals surface area (Å²) in [6.45, 7) is 11.8. The fraction of sp³-hybridized carbons (Fsp3) is 0.143. The molecule has 0 saturated carbocycles. The Balaban J connectivity index is 2.58. The maximum absolute atomic E-state index is 3.78. The minimum absolute atomic E-state index is 1.21. The second-order valence-electron chi connectivity index (χ2n) is 3.81. The van der Waals surface area contributed by atoms with Crippen molar-refractivity contribution >= 4 is 12.4 Å². The van der Waals surface area contributed by atoms with Gasteiger partial charge >= 0.3 is 0 Å². The summed E-state index contributed by atoms with van der Waals surface area (Å²) in [5.41, 5.74) is 4.91. The van der Waals surface area contributed by atoms with Gasteiger partial charge in [-0.15, -0.1) is 0 Å². The zero-order valence-electron chi connectivity index (χ0n) is 9.77. The summed E-state index contributed by atoms with van der Waals surface area (Å²) in [6.07, 6.45) is 7.70. The molecule has 2 aromatic rings. The smallest absolute Gasteiger partial charge is 0.0268 e. The predicted octanol–water partition coefficient (Wildman–Crippen LogP) is 3.77. The van der Waals surface area contributed by atoms with E-state index >= 15 is 0 Å². The van der Waals surface area contributed by atoms with E-state index in [0.717, 1.165) is 0 Å². The largest absolute Gasteiger partial charge is 0.328 e. The highest BCUT2D eigenvalue weighted by atomic mass is 15.0. The molecule has 0 unspecified atom stereocenters. The van der Waals surface area contributed by atoms with Gasteiger partial charge in [0.05, 0.1) is 0 Å². The lowest BCUT2D eigenvalue weighted by molar-refractivity contribution is 1.08. The molecule has 0 bridgehead atoms. The minimum Gasteiger partial charge on any atom is -0.328 e. The Kier molecular flexibility index (Phi) is 2.57. The number of rotatable bonds is 3. The molecule has 0 aliphatic carbocycles. The number of hydrogen-bond donors (Lipinski definition) is 0. The summed E-state index contributed by atoms with van der Waals surface area (Å²) in [4.78, 5) is 0. The molecule has 82 valence electrons. The van der Waals surface area contributed by atoms with Gasteiger partial charge in [-0.3, -0.25) is 0 Å². The molecule has 0 spiro atoms. The van der Waals surface area contributed by atoms with Crippen LogP contribution in [0.25, 0.3) is 23.5 Å². The Morgan fingerprint density at radius 2 is 1.25 bits per heavy atom. The Bertz CT molecular complexity index is 491. The third kappa shape index (κ3) is 1.43. The van der Waals surface area contributed by atoms with E-state index in [1.54, 1.807) is 0 Å². The monoisotopic (exact) mass is 212 g/mol. The van der Waals surface area contributed by atoms with Crippen molar-refractivity contribution < 1.29 is 0 Å². The van der Waals surface area contributed by atoms with Gasteiger partial charge < -0.3 is 9.13 Å². The van der Waals surface area contributed by atoms with E-state index in [1.165, 1.54) is 22.5 Å². The molecule has 0 aliphatic heterocycles. The first-order chi connectivity index (χ1) is 7.69. The fourth-order valence-electron chi connectivity index (χ4n) is 2.02. The summed E-state index contributed by atoms with van der Waals surface area (Å²) in [6, 6.07) is 4.24. The number of hydrogen-bond acceptors (Lipinski definition) is 0. The lowest BCUT2D eigenvalue weighted by Gasteiger charge is -2.03. The first-order valence-corrected chi connectivity index (χ1v) is 5.29. The van der Waals surface area contributed by atoms with Crippen LogP contribution in [0.2, 0.25) is 0 Å². The van der Waals surface area contributed by atoms with Crippen molar-refractivity contribution in [3.05, 3.63) is 49.1 Å². The molecular weight excluding hydrogens is 196 g/mol. The second kappa shape index (κ2) is 3.89. The van der Waals surface area contributed by atoms with E-state index < -0.39 is 0 Å². The van der Waals surface area contributed by atoms with Gasteiger partial charge in [-0.25, -0.2) is 0 Å². The van der Waals surface area contributed by atoms with Crippen molar-refractivity contribution in [1.82, 2.24) is 9.13 Å². The quantitative estimate of drug-likeness (QED) is 0.733. The molecule has 2 nitrogen and oxygen atoms in total. The molecular formula is C14H16N2. The molecule has 0 saturated heterocycles. The molecule has 0 aliphatic rings. The summed E-state index contributed by atoms with van der Waals surface area (Å²) in [5, 5.41) is 0. The van der Waals surface area contributed by atoms with Crippen molar-refractivity contribution in [3.8, 4) is 11.1 Å². The maximum atomic E-state index is 3.78. The van der Waals surface area contributed by atoms with Crippen LogP contribution in [0.15, 0.2) is 37.7 Å². The van der Waals surface area contributed by atoms with Crippen molar-refractivity contribution in [2.45, 2.75) is 13.8 Å². The van der Waals surface area contributed by atoms with Crippen molar-refractivity contribution in [2.75, 3.05) is 0 Å². The lowest BCUT2D eigenvalue weighted by Crippen LogP contribution is -1.90. The lowest BCUT2D eigenvalue weighted by atomic mass is 10.1. The zero-order valence-corrected chi connectivity index (χ0v) is 9.77. The van der Waals surface area contributed by atoms with Gasteiger partial charge in [0.2, 0.25) is 0 Å². The van der Waals surface area contributed by atoms with Crippen molar-refractivity contribution in [2.24, 2.45) is 0 Å². The third-order valence-corrected chi connectivity index (χ3v) is 3.04. The highest BCUT2D eigenvalue weighted by Crippen LogP contribution is 2.28. The Morgan fingerprint density at radius 1 is 0.875 bits per heavy atom. The normalized spacial score (nSPS) is 10.4. The molecule has 0 aromatic carbocycles. The topological polar surface area (TPSA) is 9.86 Å². The Morgan fingerprint density at radius 3 is 1.50 bits per heavy atom. The van der Waals surface area contributed by atoms with E-state index in [2.05, 4.69) is 39.1 Å². The van der Waals surface area contributed by atoms with Crippen molar-refractivity contribution in [3.63, 3.8) is 0 Å². The second-order valence-corrected chi connectivity index (χ2v) is 3.81. The van der Waals surface area contributed by atoms with Gasteiger partial charge in [-0.05, 0) is 26.0 Å². The molecule has 16 heavy (non-hydrogen) atoms. The van der Waals surface area contributed by atoms with Crippen LogP contribution >= 0.6 is 0 Å². The predicted molar refractivity (Wildman–Crippen MR) is 70.1 cm³/mol. The molecule has 2 heteroatoms. The van der Waals surface area contributed by atoms with Crippen LogP contribution in [-0.2, 0) is 0 Å². The third-order valence-electron chi connectivity index (χ3n) is 3.04. The highest BCUT2D eigenvalue weighted by Gasteiger charge is 2.10. The van der Waals surface area contributed by atoms with Gasteiger partial charge in [0, 0.05) is 47.3 Å². The highest BCUT2D eigenvalue weighted by molar-refractivity contribution is 5.70. The summed E-state index contributed by atoms with van der Waals surface area (Å²) in [5.74, 6) is 0. The molecule has 2 heterocycles. The molecule has 0 N–H and O–H groups in total. The standard InChI is InChI=1S/C14H16N2/c1-5-15-9-7-13(11(15)3)14-8-10-16(6-2)12(14)4/h5-10H,1-2H2,3-4H3. The summed E-state index contributed by atoms with van der Waals surface area (Å²) < 4.78 is 4.06. The first kappa shape index (κ1) is 10.6. The molecule has 0 fully saturated rings. The van der Waals surface area contributed by atoms with E-state index in [-0.39, 0.29) is 0 Å². The van der Waals surface area contributed by atoms with Gasteiger partial charge in [-0.2, -0.15) is 0 Å².